The van der Waals surface area contributed by atoms with Crippen LogP contribution in [0.1, 0.15) is 108 Å². The molecule has 0 bridgehead atoms. The predicted molar refractivity (Wildman–Crippen MR) is 182 cm³/mol. The van der Waals surface area contributed by atoms with E-state index in [-0.39, 0.29) is 41.4 Å². The number of aromatic hydroxyl groups is 1. The van der Waals surface area contributed by atoms with Crippen molar-refractivity contribution >= 4 is 17.3 Å². The normalized spacial score (nSPS) is 27.3. The number of aryl methyl sites for hydroxylation is 2. The van der Waals surface area contributed by atoms with Gasteiger partial charge in [0.2, 0.25) is 5.78 Å². The lowest BCUT2D eigenvalue weighted by molar-refractivity contribution is -0.171. The maximum atomic E-state index is 14.5. The van der Waals surface area contributed by atoms with Crippen LogP contribution in [0, 0.1) is 28.6 Å². The molecule has 1 unspecified atom stereocenters. The van der Waals surface area contributed by atoms with Gasteiger partial charge in [0.25, 0.3) is 0 Å². The maximum Gasteiger partial charge on any atom is 0.209 e. The lowest BCUT2D eigenvalue weighted by Crippen LogP contribution is -2.67. The van der Waals surface area contributed by atoms with Crippen LogP contribution < -0.4 is 0 Å². The Morgan fingerprint density at radius 1 is 0.979 bits per heavy atom. The topological polar surface area (TPSA) is 132 Å². The average molecular weight is 643 g/mol. The smallest absolute Gasteiger partial charge is 0.209 e. The lowest BCUT2D eigenvalue weighted by Gasteiger charge is -2.59. The third-order valence-corrected chi connectivity index (χ3v) is 11.2. The second-order valence-electron chi connectivity index (χ2n) is 15.4. The number of phenolic OH excluding ortho intramolecular Hbond substituents is 1. The lowest BCUT2D eigenvalue weighted by atomic mass is 9.44. The van der Waals surface area contributed by atoms with Gasteiger partial charge in [-0.3, -0.25) is 14.4 Å². The Kier molecular flexibility index (Phi) is 8.89. The first-order valence-electron chi connectivity index (χ1n) is 17.1. The molecule has 0 spiro atoms. The van der Waals surface area contributed by atoms with Crippen molar-refractivity contribution in [1.29, 1.82) is 0 Å². The van der Waals surface area contributed by atoms with E-state index in [4.69, 9.17) is 0 Å². The van der Waals surface area contributed by atoms with Gasteiger partial charge in [0.1, 0.15) is 22.8 Å². The van der Waals surface area contributed by atoms with Crippen LogP contribution in [0.15, 0.2) is 53.0 Å². The zero-order valence-electron chi connectivity index (χ0n) is 29.1. The summed E-state index contributed by atoms with van der Waals surface area (Å²) in [6.07, 6.45) is 5.40. The quantitative estimate of drug-likeness (QED) is 0.161. The largest absolute Gasteiger partial charge is 0.511 e. The van der Waals surface area contributed by atoms with Crippen molar-refractivity contribution in [3.05, 3.63) is 75.3 Å². The number of hydrogen-bond donors (Lipinski definition) is 4. The molecule has 5 rings (SSSR count). The molecule has 0 fully saturated rings. The summed E-state index contributed by atoms with van der Waals surface area (Å²) in [5.74, 6) is -4.43. The molecule has 0 saturated heterocycles. The summed E-state index contributed by atoms with van der Waals surface area (Å²) in [7, 11) is 0. The van der Waals surface area contributed by atoms with Crippen LogP contribution >= 0.6 is 0 Å². The van der Waals surface area contributed by atoms with Crippen molar-refractivity contribution in [3.8, 4) is 16.9 Å². The van der Waals surface area contributed by atoms with Crippen molar-refractivity contribution in [2.75, 3.05) is 0 Å². The van der Waals surface area contributed by atoms with E-state index in [2.05, 4.69) is 39.0 Å². The first-order chi connectivity index (χ1) is 21.9. The van der Waals surface area contributed by atoms with Crippen molar-refractivity contribution < 1.29 is 34.8 Å². The van der Waals surface area contributed by atoms with E-state index in [1.54, 1.807) is 6.92 Å². The monoisotopic (exact) mass is 642 g/mol. The molecule has 0 aromatic heterocycles. The fourth-order valence-corrected chi connectivity index (χ4v) is 9.20. The molecule has 252 valence electrons. The van der Waals surface area contributed by atoms with Gasteiger partial charge in [0.15, 0.2) is 17.2 Å². The average Bonchev–Trinajstić information content (AvgIpc) is 2.96. The fourth-order valence-electron chi connectivity index (χ4n) is 9.20. The van der Waals surface area contributed by atoms with E-state index in [1.165, 1.54) is 18.1 Å². The zero-order chi connectivity index (χ0) is 34.8. The minimum Gasteiger partial charge on any atom is -0.511 e. The van der Waals surface area contributed by atoms with Crippen molar-refractivity contribution in [2.24, 2.45) is 28.6 Å². The van der Waals surface area contributed by atoms with Gasteiger partial charge in [-0.15, -0.1) is 0 Å². The van der Waals surface area contributed by atoms with E-state index in [0.717, 1.165) is 49.3 Å². The van der Waals surface area contributed by atoms with Gasteiger partial charge in [-0.05, 0) is 84.7 Å². The number of benzene rings is 2. The number of phenols is 1. The third kappa shape index (κ3) is 5.16. The van der Waals surface area contributed by atoms with Gasteiger partial charge in [-0.1, -0.05) is 85.6 Å². The number of aliphatic hydroxyl groups excluding tert-OH is 2. The Labute approximate surface area is 278 Å². The second-order valence-corrected chi connectivity index (χ2v) is 15.4. The molecule has 3 aliphatic carbocycles. The van der Waals surface area contributed by atoms with E-state index in [1.807, 2.05) is 26.8 Å². The molecule has 4 N–H and O–H groups in total. The number of unbranched alkanes of at least 4 members (excludes halogenated alkanes) is 1. The molecular weight excluding hydrogens is 592 g/mol. The van der Waals surface area contributed by atoms with Gasteiger partial charge in [0.05, 0.1) is 5.56 Å². The number of fused-ring (bicyclic) bond motifs is 3. The number of ketones is 3. The molecule has 0 amide bonds. The molecule has 2 aromatic carbocycles. The molecule has 2 aromatic rings. The number of carbonyl (C=O) groups is 3. The Morgan fingerprint density at radius 2 is 1.66 bits per heavy atom. The summed E-state index contributed by atoms with van der Waals surface area (Å²) in [5.41, 5.74) is -0.984. The van der Waals surface area contributed by atoms with Crippen LogP contribution in [0.2, 0.25) is 0 Å². The Bertz CT molecular complexity index is 1730. The standard InChI is InChI=1S/C40H50O7/c1-9-25-15-14-24(13-11-10-12-21(2)3)18-27(25)26-16-17-29(42)31-28(26)19-38(7)20-39(8)32(22(4)5)34(43)30(23(6)41)36(45)40(39,47)37(46)33(38)35(31)44/h14-18,21-22,32,42-43,46-47H,9-13,19-20H2,1-8H3/t32?,38-,39-,40+/m1/s1. The predicted octanol–water partition coefficient (Wildman–Crippen LogP) is 7.94. The summed E-state index contributed by atoms with van der Waals surface area (Å²) >= 11 is 0. The molecule has 0 heterocycles. The molecule has 0 aliphatic heterocycles. The highest BCUT2D eigenvalue weighted by atomic mass is 16.3. The van der Waals surface area contributed by atoms with Crippen LogP contribution in [-0.2, 0) is 28.9 Å². The summed E-state index contributed by atoms with van der Waals surface area (Å²) < 4.78 is 0. The van der Waals surface area contributed by atoms with Crippen molar-refractivity contribution in [2.45, 2.75) is 106 Å². The number of rotatable bonds is 9. The number of hydrogen-bond acceptors (Lipinski definition) is 7. The van der Waals surface area contributed by atoms with Crippen LogP contribution in [0.25, 0.3) is 11.1 Å². The van der Waals surface area contributed by atoms with Crippen LogP contribution in [0.5, 0.6) is 5.75 Å². The highest BCUT2D eigenvalue weighted by Crippen LogP contribution is 2.65. The van der Waals surface area contributed by atoms with E-state index in [0.29, 0.717) is 11.5 Å². The van der Waals surface area contributed by atoms with Gasteiger partial charge in [-0.2, -0.15) is 0 Å². The Balaban J connectivity index is 1.70. The van der Waals surface area contributed by atoms with Gasteiger partial charge >= 0.3 is 0 Å². The molecule has 0 radical (unpaired) electrons. The molecule has 7 heteroatoms. The van der Waals surface area contributed by atoms with Gasteiger partial charge in [-0.25, -0.2) is 0 Å². The second kappa shape index (κ2) is 12.1. The summed E-state index contributed by atoms with van der Waals surface area (Å²) in [4.78, 5) is 41.1. The van der Waals surface area contributed by atoms with E-state index >= 15 is 0 Å². The molecule has 7 nitrogen and oxygen atoms in total. The molecule has 47 heavy (non-hydrogen) atoms. The summed E-state index contributed by atoms with van der Waals surface area (Å²) in [6, 6.07) is 9.85. The molecule has 4 atom stereocenters. The van der Waals surface area contributed by atoms with Gasteiger partial charge < -0.3 is 20.4 Å². The minimum atomic E-state index is -2.62. The van der Waals surface area contributed by atoms with E-state index < -0.39 is 51.0 Å². The highest BCUT2D eigenvalue weighted by molar-refractivity contribution is 6.25. The third-order valence-electron chi connectivity index (χ3n) is 11.2. The Hall–Kier alpha value is -3.71. The maximum absolute atomic E-state index is 14.5. The number of allylic oxidation sites excluding steroid dienone is 2. The van der Waals surface area contributed by atoms with Gasteiger partial charge in [0, 0.05) is 22.3 Å². The summed E-state index contributed by atoms with van der Waals surface area (Å²) in [6.45, 7) is 14.8. The molecular formula is C40H50O7. The van der Waals surface area contributed by atoms with Crippen LogP contribution in [0.3, 0.4) is 0 Å². The number of carbonyl (C=O) groups excluding carboxylic acids is 3. The summed E-state index contributed by atoms with van der Waals surface area (Å²) in [5, 5.41) is 46.8. The fraction of sp³-hybridized carbons (Fsp3) is 0.525. The van der Waals surface area contributed by atoms with Crippen LogP contribution in [0.4, 0.5) is 0 Å². The first-order valence-corrected chi connectivity index (χ1v) is 17.1. The molecule has 0 saturated carbocycles. The van der Waals surface area contributed by atoms with Crippen molar-refractivity contribution in [1.82, 2.24) is 0 Å². The highest BCUT2D eigenvalue weighted by Gasteiger charge is 2.71. The number of Topliss-reactive ketones (excluding diaryl/α,β-unsaturated/α-hetero) is 3. The SMILES string of the molecule is CCc1ccc(CCCCC(C)C)cc1-c1ccc(O)c2c1C[C@]1(C)C[C@]3(C)C(C(C)C)C(O)=C(C(C)=O)C(=O)[C@]3(O)C(O)=C1C2=O. The first kappa shape index (κ1) is 34.6. The Morgan fingerprint density at radius 3 is 2.26 bits per heavy atom. The number of aliphatic hydroxyl groups is 3. The van der Waals surface area contributed by atoms with Crippen LogP contribution in [-0.4, -0.2) is 43.4 Å². The zero-order valence-corrected chi connectivity index (χ0v) is 29.1. The minimum absolute atomic E-state index is 0.0481. The molecule has 3 aliphatic rings. The van der Waals surface area contributed by atoms with Crippen molar-refractivity contribution in [3.63, 3.8) is 0 Å². The van der Waals surface area contributed by atoms with E-state index in [9.17, 15) is 34.8 Å².